The average Bonchev–Trinajstić information content (AvgIpc) is 2.65. The van der Waals surface area contributed by atoms with Gasteiger partial charge in [-0.25, -0.2) is 9.59 Å². The van der Waals surface area contributed by atoms with Crippen LogP contribution in [0.25, 0.3) is 0 Å². The van der Waals surface area contributed by atoms with Crippen LogP contribution in [0.15, 0.2) is 36.4 Å². The molecule has 0 spiro atoms. The SMILES string of the molecule is Cc1ccccc1CN(CCC(C)(C)C)C1CCNCC1.O=C(O)C=CC(=O)O. The number of hydrogen-bond acceptors (Lipinski definition) is 4. The van der Waals surface area contributed by atoms with Crippen LogP contribution >= 0.6 is 0 Å². The van der Waals surface area contributed by atoms with Crippen LogP contribution in [-0.2, 0) is 16.1 Å². The van der Waals surface area contributed by atoms with Crippen LogP contribution in [0.3, 0.4) is 0 Å². The zero-order chi connectivity index (χ0) is 21.9. The largest absolute Gasteiger partial charge is 0.478 e. The summed E-state index contributed by atoms with van der Waals surface area (Å²) in [4.78, 5) is 21.8. The van der Waals surface area contributed by atoms with Gasteiger partial charge in [0, 0.05) is 24.7 Å². The van der Waals surface area contributed by atoms with Crippen LogP contribution in [0.4, 0.5) is 0 Å². The normalized spacial score (nSPS) is 15.2. The molecular formula is C23H36N2O4. The van der Waals surface area contributed by atoms with Crippen LogP contribution in [0, 0.1) is 12.3 Å². The minimum atomic E-state index is -1.26. The Morgan fingerprint density at radius 2 is 1.66 bits per heavy atom. The quantitative estimate of drug-likeness (QED) is 0.601. The number of carboxylic acids is 2. The number of hydrogen-bond donors (Lipinski definition) is 3. The van der Waals surface area contributed by atoms with Gasteiger partial charge in [-0.2, -0.15) is 0 Å². The molecule has 0 aromatic heterocycles. The number of rotatable bonds is 7. The topological polar surface area (TPSA) is 89.9 Å². The number of nitrogens with zero attached hydrogens (tertiary/aromatic N) is 1. The predicted molar refractivity (Wildman–Crippen MR) is 116 cm³/mol. The first-order chi connectivity index (χ1) is 13.6. The summed E-state index contributed by atoms with van der Waals surface area (Å²) in [5, 5.41) is 19.1. The average molecular weight is 405 g/mol. The minimum absolute atomic E-state index is 0.414. The Labute approximate surface area is 174 Å². The van der Waals surface area contributed by atoms with Crippen molar-refractivity contribution in [3.8, 4) is 0 Å². The lowest BCUT2D eigenvalue weighted by molar-refractivity contribution is -0.134. The van der Waals surface area contributed by atoms with Gasteiger partial charge in [-0.1, -0.05) is 45.0 Å². The third-order valence-electron chi connectivity index (χ3n) is 4.98. The summed E-state index contributed by atoms with van der Waals surface area (Å²) in [6, 6.07) is 9.59. The number of aliphatic carboxylic acids is 2. The van der Waals surface area contributed by atoms with Gasteiger partial charge in [-0.05, 0) is 62.4 Å². The van der Waals surface area contributed by atoms with E-state index in [0.717, 1.165) is 12.6 Å². The smallest absolute Gasteiger partial charge is 0.328 e. The molecule has 1 aliphatic heterocycles. The molecule has 162 valence electrons. The van der Waals surface area contributed by atoms with Gasteiger partial charge < -0.3 is 15.5 Å². The number of carbonyl (C=O) groups is 2. The van der Waals surface area contributed by atoms with Crippen molar-refractivity contribution >= 4 is 11.9 Å². The number of carboxylic acid groups (broad SMARTS) is 2. The zero-order valence-corrected chi connectivity index (χ0v) is 18.1. The molecule has 0 atom stereocenters. The lowest BCUT2D eigenvalue weighted by Gasteiger charge is -2.36. The van der Waals surface area contributed by atoms with Crippen molar-refractivity contribution in [2.75, 3.05) is 19.6 Å². The van der Waals surface area contributed by atoms with E-state index in [-0.39, 0.29) is 0 Å². The van der Waals surface area contributed by atoms with E-state index in [1.807, 2.05) is 0 Å². The van der Waals surface area contributed by atoms with Crippen molar-refractivity contribution in [2.45, 2.75) is 59.5 Å². The Bertz CT molecular complexity index is 658. The Kier molecular flexibility index (Phi) is 10.6. The molecule has 1 aliphatic rings. The van der Waals surface area contributed by atoms with E-state index in [2.05, 4.69) is 62.2 Å². The molecule has 1 aromatic rings. The molecule has 0 bridgehead atoms. The van der Waals surface area contributed by atoms with Gasteiger partial charge in [0.1, 0.15) is 0 Å². The molecule has 3 N–H and O–H groups in total. The summed E-state index contributed by atoms with van der Waals surface area (Å²) in [5.74, 6) is -2.51. The summed E-state index contributed by atoms with van der Waals surface area (Å²) in [6.07, 6.45) is 4.96. The van der Waals surface area contributed by atoms with Gasteiger partial charge in [0.05, 0.1) is 0 Å². The maximum absolute atomic E-state index is 9.55. The highest BCUT2D eigenvalue weighted by atomic mass is 16.4. The maximum Gasteiger partial charge on any atom is 0.328 e. The second kappa shape index (κ2) is 12.4. The highest BCUT2D eigenvalue weighted by molar-refractivity contribution is 5.89. The fraction of sp³-hybridized carbons (Fsp3) is 0.565. The van der Waals surface area contributed by atoms with E-state index >= 15 is 0 Å². The molecule has 1 saturated heterocycles. The predicted octanol–water partition coefficient (Wildman–Crippen LogP) is 3.70. The van der Waals surface area contributed by atoms with Crippen LogP contribution in [0.2, 0.25) is 0 Å². The molecular weight excluding hydrogens is 368 g/mol. The molecule has 1 fully saturated rings. The first-order valence-corrected chi connectivity index (χ1v) is 10.2. The van der Waals surface area contributed by atoms with Gasteiger partial charge in [0.15, 0.2) is 0 Å². The molecule has 2 rings (SSSR count). The Hall–Kier alpha value is -2.18. The number of aryl methyl sites for hydroxylation is 1. The van der Waals surface area contributed by atoms with Gasteiger partial charge >= 0.3 is 11.9 Å². The summed E-state index contributed by atoms with van der Waals surface area (Å²) in [5.41, 5.74) is 3.33. The summed E-state index contributed by atoms with van der Waals surface area (Å²) >= 11 is 0. The van der Waals surface area contributed by atoms with Gasteiger partial charge in [-0.15, -0.1) is 0 Å². The third-order valence-corrected chi connectivity index (χ3v) is 4.98. The van der Waals surface area contributed by atoms with Gasteiger partial charge in [0.25, 0.3) is 0 Å². The molecule has 1 aromatic carbocycles. The molecule has 0 radical (unpaired) electrons. The first-order valence-electron chi connectivity index (χ1n) is 10.2. The van der Waals surface area contributed by atoms with E-state index in [1.54, 1.807) is 0 Å². The van der Waals surface area contributed by atoms with E-state index in [1.165, 1.54) is 50.0 Å². The molecule has 6 nitrogen and oxygen atoms in total. The number of benzene rings is 1. The highest BCUT2D eigenvalue weighted by Gasteiger charge is 2.23. The fourth-order valence-corrected chi connectivity index (χ4v) is 3.19. The van der Waals surface area contributed by atoms with Crippen LogP contribution in [0.5, 0.6) is 0 Å². The monoisotopic (exact) mass is 404 g/mol. The second-order valence-corrected chi connectivity index (χ2v) is 8.70. The van der Waals surface area contributed by atoms with Crippen molar-refractivity contribution < 1.29 is 19.8 Å². The maximum atomic E-state index is 9.55. The molecule has 0 amide bonds. The van der Waals surface area contributed by atoms with E-state index in [4.69, 9.17) is 10.2 Å². The summed E-state index contributed by atoms with van der Waals surface area (Å²) in [6.45, 7) is 13.9. The van der Waals surface area contributed by atoms with E-state index in [9.17, 15) is 9.59 Å². The molecule has 29 heavy (non-hydrogen) atoms. The van der Waals surface area contributed by atoms with E-state index < -0.39 is 11.9 Å². The third kappa shape index (κ3) is 11.4. The number of piperidine rings is 1. The molecule has 1 heterocycles. The Balaban J connectivity index is 0.000000447. The van der Waals surface area contributed by atoms with E-state index in [0.29, 0.717) is 17.6 Å². The Morgan fingerprint density at radius 3 is 2.14 bits per heavy atom. The molecule has 0 saturated carbocycles. The fourth-order valence-electron chi connectivity index (χ4n) is 3.19. The van der Waals surface area contributed by atoms with Crippen LogP contribution in [0.1, 0.15) is 51.2 Å². The standard InChI is InChI=1S/C19H32N2.C4H4O4/c1-16-7-5-6-8-17(16)15-21(14-11-19(2,3)4)18-9-12-20-13-10-18;5-3(6)1-2-4(7)8/h5-8,18,20H,9-15H2,1-4H3;1-2H,(H,5,6)(H,7,8). The molecule has 6 heteroatoms. The van der Waals surface area contributed by atoms with Crippen LogP contribution < -0.4 is 5.32 Å². The van der Waals surface area contributed by atoms with Gasteiger partial charge in [-0.3, -0.25) is 4.90 Å². The minimum Gasteiger partial charge on any atom is -0.478 e. The van der Waals surface area contributed by atoms with Crippen molar-refractivity contribution in [1.82, 2.24) is 10.2 Å². The summed E-state index contributed by atoms with van der Waals surface area (Å²) < 4.78 is 0. The Morgan fingerprint density at radius 1 is 1.10 bits per heavy atom. The van der Waals surface area contributed by atoms with Crippen molar-refractivity contribution in [3.63, 3.8) is 0 Å². The molecule has 0 aliphatic carbocycles. The van der Waals surface area contributed by atoms with Gasteiger partial charge in [0.2, 0.25) is 0 Å². The lowest BCUT2D eigenvalue weighted by Crippen LogP contribution is -2.43. The zero-order valence-electron chi connectivity index (χ0n) is 18.1. The van der Waals surface area contributed by atoms with Crippen molar-refractivity contribution in [2.24, 2.45) is 5.41 Å². The highest BCUT2D eigenvalue weighted by Crippen LogP contribution is 2.23. The number of nitrogens with one attached hydrogen (secondary N) is 1. The lowest BCUT2D eigenvalue weighted by atomic mass is 9.91. The van der Waals surface area contributed by atoms with Crippen molar-refractivity contribution in [1.29, 1.82) is 0 Å². The van der Waals surface area contributed by atoms with Crippen LogP contribution in [-0.4, -0.2) is 52.7 Å². The second-order valence-electron chi connectivity index (χ2n) is 8.70. The van der Waals surface area contributed by atoms with Crippen molar-refractivity contribution in [3.05, 3.63) is 47.5 Å². The summed E-state index contributed by atoms with van der Waals surface area (Å²) in [7, 11) is 0. The molecule has 0 unspecified atom stereocenters. The first kappa shape index (κ1) is 24.9.